The Morgan fingerprint density at radius 3 is 2.12 bits per heavy atom. The summed E-state index contributed by atoms with van der Waals surface area (Å²) in [7, 11) is 3.49. The molecule has 0 aromatic rings. The van der Waals surface area contributed by atoms with Gasteiger partial charge in [0.05, 0.1) is 6.42 Å². The summed E-state index contributed by atoms with van der Waals surface area (Å²) in [5, 5.41) is 0. The molecule has 1 heterocycles. The monoisotopic (exact) mass is 240 g/mol. The van der Waals surface area contributed by atoms with Gasteiger partial charge in [0.15, 0.2) is 0 Å². The van der Waals surface area contributed by atoms with E-state index in [-0.39, 0.29) is 29.9 Å². The number of rotatable bonds is 3. The van der Waals surface area contributed by atoms with Crippen molar-refractivity contribution in [1.82, 2.24) is 9.80 Å². The summed E-state index contributed by atoms with van der Waals surface area (Å²) < 4.78 is 0. The Morgan fingerprint density at radius 1 is 1.18 bits per heavy atom. The molecule has 0 saturated carbocycles. The van der Waals surface area contributed by atoms with Crippen molar-refractivity contribution in [3.05, 3.63) is 0 Å². The topological polar surface area (TPSA) is 57.7 Å². The number of nitrogens with zero attached hydrogens (tertiary/aromatic N) is 2. The van der Waals surface area contributed by atoms with Gasteiger partial charge in [-0.1, -0.05) is 0 Å². The average molecular weight is 240 g/mol. The van der Waals surface area contributed by atoms with E-state index in [1.807, 2.05) is 0 Å². The first-order valence-corrected chi connectivity index (χ1v) is 5.90. The highest BCUT2D eigenvalue weighted by molar-refractivity contribution is 5.96. The number of likely N-dealkylation sites (tertiary alicyclic amines) is 1. The zero-order chi connectivity index (χ0) is 13.0. The summed E-state index contributed by atoms with van der Waals surface area (Å²) in [5.74, 6) is -0.0789. The third kappa shape index (κ3) is 3.84. The number of carbonyl (C=O) groups is 3. The molecule has 1 fully saturated rings. The Balaban J connectivity index is 2.43. The van der Waals surface area contributed by atoms with Gasteiger partial charge in [-0.15, -0.1) is 0 Å². The van der Waals surface area contributed by atoms with Gasteiger partial charge in [-0.05, 0) is 19.8 Å². The van der Waals surface area contributed by atoms with E-state index in [9.17, 15) is 14.4 Å². The SMILES string of the molecule is CC(=O)CC(=O)N1CCC(C(=O)N(C)C)CC1. The van der Waals surface area contributed by atoms with Crippen LogP contribution in [0.1, 0.15) is 26.2 Å². The molecule has 0 spiro atoms. The molecule has 0 N–H and O–H groups in total. The highest BCUT2D eigenvalue weighted by Gasteiger charge is 2.28. The minimum absolute atomic E-state index is 0.0198. The van der Waals surface area contributed by atoms with Gasteiger partial charge >= 0.3 is 0 Å². The Kier molecular flexibility index (Phi) is 4.66. The normalized spacial score (nSPS) is 16.8. The first-order valence-electron chi connectivity index (χ1n) is 5.90. The van der Waals surface area contributed by atoms with Crippen molar-refractivity contribution < 1.29 is 14.4 Å². The van der Waals surface area contributed by atoms with Gasteiger partial charge in [-0.3, -0.25) is 14.4 Å². The number of amides is 2. The highest BCUT2D eigenvalue weighted by Crippen LogP contribution is 2.19. The van der Waals surface area contributed by atoms with Gasteiger partial charge < -0.3 is 9.80 Å². The lowest BCUT2D eigenvalue weighted by atomic mass is 9.95. The molecule has 1 aliphatic rings. The smallest absolute Gasteiger partial charge is 0.230 e. The van der Waals surface area contributed by atoms with Gasteiger partial charge in [-0.2, -0.15) is 0 Å². The van der Waals surface area contributed by atoms with E-state index < -0.39 is 0 Å². The van der Waals surface area contributed by atoms with Crippen molar-refractivity contribution in [3.63, 3.8) is 0 Å². The van der Waals surface area contributed by atoms with Crippen molar-refractivity contribution >= 4 is 17.6 Å². The number of ketones is 1. The van der Waals surface area contributed by atoms with Crippen molar-refractivity contribution in [2.75, 3.05) is 27.2 Å². The molecule has 0 radical (unpaired) electrons. The van der Waals surface area contributed by atoms with Crippen LogP contribution in [0.2, 0.25) is 0 Å². The molecule has 1 aliphatic heterocycles. The number of hydrogen-bond acceptors (Lipinski definition) is 3. The summed E-state index contributed by atoms with van der Waals surface area (Å²) in [4.78, 5) is 37.5. The van der Waals surface area contributed by atoms with E-state index in [2.05, 4.69) is 0 Å². The van der Waals surface area contributed by atoms with Crippen LogP contribution >= 0.6 is 0 Å². The maximum atomic E-state index is 11.7. The molecule has 0 unspecified atom stereocenters. The molecule has 2 amide bonds. The van der Waals surface area contributed by atoms with Gasteiger partial charge in [-0.25, -0.2) is 0 Å². The predicted molar refractivity (Wildman–Crippen MR) is 63.3 cm³/mol. The first kappa shape index (κ1) is 13.7. The van der Waals surface area contributed by atoms with E-state index in [4.69, 9.17) is 0 Å². The summed E-state index contributed by atoms with van der Waals surface area (Å²) in [6.45, 7) is 2.58. The minimum Gasteiger partial charge on any atom is -0.349 e. The zero-order valence-electron chi connectivity index (χ0n) is 10.7. The van der Waals surface area contributed by atoms with Crippen LogP contribution in [0, 0.1) is 5.92 Å². The van der Waals surface area contributed by atoms with Crippen molar-refractivity contribution in [2.24, 2.45) is 5.92 Å². The molecule has 96 valence electrons. The van der Waals surface area contributed by atoms with Gasteiger partial charge in [0.25, 0.3) is 0 Å². The molecule has 0 aromatic heterocycles. The molecule has 17 heavy (non-hydrogen) atoms. The predicted octanol–water partition coefficient (Wildman–Crippen LogP) is 0.292. The molecule has 0 aromatic carbocycles. The summed E-state index contributed by atoms with van der Waals surface area (Å²) in [6.07, 6.45) is 1.37. The number of Topliss-reactive ketones (excluding diaryl/α,β-unsaturated/α-hetero) is 1. The lowest BCUT2D eigenvalue weighted by Gasteiger charge is -2.32. The maximum absolute atomic E-state index is 11.7. The zero-order valence-corrected chi connectivity index (χ0v) is 10.7. The van der Waals surface area contributed by atoms with Crippen molar-refractivity contribution in [2.45, 2.75) is 26.2 Å². The molecule has 0 bridgehead atoms. The van der Waals surface area contributed by atoms with Crippen LogP contribution in [0.5, 0.6) is 0 Å². The van der Waals surface area contributed by atoms with E-state index >= 15 is 0 Å². The quantitative estimate of drug-likeness (QED) is 0.666. The summed E-state index contributed by atoms with van der Waals surface area (Å²) >= 11 is 0. The molecular weight excluding hydrogens is 220 g/mol. The fraction of sp³-hybridized carbons (Fsp3) is 0.750. The fourth-order valence-electron chi connectivity index (χ4n) is 2.07. The summed E-state index contributed by atoms with van der Waals surface area (Å²) in [5.41, 5.74) is 0. The Hall–Kier alpha value is -1.39. The Labute approximate surface area is 102 Å². The van der Waals surface area contributed by atoms with Gasteiger partial charge in [0.2, 0.25) is 11.8 Å². The molecule has 1 rings (SSSR count). The van der Waals surface area contributed by atoms with Crippen LogP contribution in [0.25, 0.3) is 0 Å². The third-order valence-electron chi connectivity index (χ3n) is 3.04. The molecule has 5 nitrogen and oxygen atoms in total. The molecule has 0 aliphatic carbocycles. The van der Waals surface area contributed by atoms with Crippen LogP contribution < -0.4 is 0 Å². The summed E-state index contributed by atoms with van der Waals surface area (Å²) in [6, 6.07) is 0. The second-order valence-electron chi connectivity index (χ2n) is 4.77. The van der Waals surface area contributed by atoms with E-state index in [0.717, 1.165) is 0 Å². The van der Waals surface area contributed by atoms with E-state index in [0.29, 0.717) is 25.9 Å². The van der Waals surface area contributed by atoms with Crippen LogP contribution in [0.15, 0.2) is 0 Å². The molecule has 0 atom stereocenters. The van der Waals surface area contributed by atoms with Crippen LogP contribution in [0.4, 0.5) is 0 Å². The number of carbonyl (C=O) groups excluding carboxylic acids is 3. The van der Waals surface area contributed by atoms with Gasteiger partial charge in [0, 0.05) is 33.1 Å². The van der Waals surface area contributed by atoms with Crippen molar-refractivity contribution in [1.29, 1.82) is 0 Å². The Bertz CT molecular complexity index is 318. The second kappa shape index (κ2) is 5.80. The van der Waals surface area contributed by atoms with Crippen LogP contribution in [-0.2, 0) is 14.4 Å². The highest BCUT2D eigenvalue weighted by atomic mass is 16.2. The largest absolute Gasteiger partial charge is 0.349 e. The van der Waals surface area contributed by atoms with E-state index in [1.54, 1.807) is 23.9 Å². The van der Waals surface area contributed by atoms with Crippen LogP contribution in [-0.4, -0.2) is 54.6 Å². The lowest BCUT2D eigenvalue weighted by molar-refractivity contribution is -0.140. The molecule has 5 heteroatoms. The molecule has 1 saturated heterocycles. The first-order chi connectivity index (χ1) is 7.91. The lowest BCUT2D eigenvalue weighted by Crippen LogP contribution is -2.43. The fourth-order valence-corrected chi connectivity index (χ4v) is 2.07. The Morgan fingerprint density at radius 2 is 1.71 bits per heavy atom. The van der Waals surface area contributed by atoms with Crippen LogP contribution in [0.3, 0.4) is 0 Å². The maximum Gasteiger partial charge on any atom is 0.230 e. The van der Waals surface area contributed by atoms with Crippen molar-refractivity contribution in [3.8, 4) is 0 Å². The number of hydrogen-bond donors (Lipinski definition) is 0. The number of piperidine rings is 1. The third-order valence-corrected chi connectivity index (χ3v) is 3.04. The van der Waals surface area contributed by atoms with E-state index in [1.165, 1.54) is 6.92 Å². The minimum atomic E-state index is -0.117. The second-order valence-corrected chi connectivity index (χ2v) is 4.77. The van der Waals surface area contributed by atoms with Gasteiger partial charge in [0.1, 0.15) is 5.78 Å². The standard InChI is InChI=1S/C12H20N2O3/c1-9(15)8-11(16)14-6-4-10(5-7-14)12(17)13(2)3/h10H,4-8H2,1-3H3. The average Bonchev–Trinajstić information content (AvgIpc) is 2.27. The molecular formula is C12H20N2O3.